The van der Waals surface area contributed by atoms with Gasteiger partial charge in [0.25, 0.3) is 0 Å². The second-order valence-corrected chi connectivity index (χ2v) is 4.28. The highest BCUT2D eigenvalue weighted by Crippen LogP contribution is 2.17. The Balaban J connectivity index is 2.03. The van der Waals surface area contributed by atoms with Gasteiger partial charge in [-0.1, -0.05) is 0 Å². The molecule has 1 aliphatic heterocycles. The van der Waals surface area contributed by atoms with Gasteiger partial charge in [0.1, 0.15) is 6.54 Å². The van der Waals surface area contributed by atoms with Crippen LogP contribution in [0.5, 0.6) is 0 Å². The lowest BCUT2D eigenvalue weighted by Crippen LogP contribution is -2.30. The number of aromatic nitrogens is 3. The van der Waals surface area contributed by atoms with E-state index in [0.717, 1.165) is 25.9 Å². The van der Waals surface area contributed by atoms with Gasteiger partial charge in [0.15, 0.2) is 0 Å². The summed E-state index contributed by atoms with van der Waals surface area (Å²) in [6, 6.07) is 0. The molecule has 1 saturated heterocycles. The van der Waals surface area contributed by atoms with Crippen molar-refractivity contribution >= 4 is 17.9 Å². The van der Waals surface area contributed by atoms with Crippen LogP contribution in [0, 0.1) is 0 Å². The van der Waals surface area contributed by atoms with E-state index in [-0.39, 0.29) is 18.5 Å². The maximum Gasteiger partial charge on any atom is 0.327 e. The van der Waals surface area contributed by atoms with Crippen molar-refractivity contribution in [2.45, 2.75) is 32.7 Å². The van der Waals surface area contributed by atoms with E-state index in [9.17, 15) is 4.79 Å². The molecule has 1 aromatic heterocycles. The predicted octanol–water partition coefficient (Wildman–Crippen LogP) is 0.414. The van der Waals surface area contributed by atoms with Gasteiger partial charge >= 0.3 is 5.97 Å². The predicted molar refractivity (Wildman–Crippen MR) is 67.1 cm³/mol. The molecule has 2 heterocycles. The largest absolute Gasteiger partial charge is 0.465 e. The molecule has 2 rings (SSSR count). The summed E-state index contributed by atoms with van der Waals surface area (Å²) in [5, 5.41) is 4.26. The molecular formula is C11H19N5O2. The van der Waals surface area contributed by atoms with E-state index < -0.39 is 0 Å². The van der Waals surface area contributed by atoms with Crippen LogP contribution < -0.4 is 10.6 Å². The van der Waals surface area contributed by atoms with Crippen molar-refractivity contribution in [1.82, 2.24) is 14.8 Å². The average Bonchev–Trinajstić information content (AvgIpc) is 2.72. The van der Waals surface area contributed by atoms with Crippen LogP contribution in [0.15, 0.2) is 0 Å². The number of ether oxygens (including phenoxy) is 1. The molecule has 0 atom stereocenters. The molecule has 0 bridgehead atoms. The van der Waals surface area contributed by atoms with E-state index >= 15 is 0 Å². The standard InChI is InChI=1S/C11H19N5O2/c1-2-18-9(17)8-16-10(12)13-11(14-16)15-6-4-3-5-7-15/h2-8H2,1H3,(H2,12,13,14). The number of nitrogens with two attached hydrogens (primary N) is 1. The number of hydrogen-bond donors (Lipinski definition) is 1. The molecular weight excluding hydrogens is 234 g/mol. The fourth-order valence-corrected chi connectivity index (χ4v) is 2.01. The first-order valence-electron chi connectivity index (χ1n) is 6.31. The SMILES string of the molecule is CCOC(=O)Cn1nc(N2CCCCC2)nc1N. The summed E-state index contributed by atoms with van der Waals surface area (Å²) < 4.78 is 6.25. The summed E-state index contributed by atoms with van der Waals surface area (Å²) in [5.74, 6) is 0.513. The first-order chi connectivity index (χ1) is 8.70. The third-order valence-electron chi connectivity index (χ3n) is 2.91. The monoisotopic (exact) mass is 253 g/mol. The van der Waals surface area contributed by atoms with Crippen molar-refractivity contribution in [2.24, 2.45) is 0 Å². The van der Waals surface area contributed by atoms with Crippen molar-refractivity contribution in [2.75, 3.05) is 30.3 Å². The van der Waals surface area contributed by atoms with E-state index in [0.29, 0.717) is 12.6 Å². The molecule has 0 amide bonds. The molecule has 0 aromatic carbocycles. The zero-order chi connectivity index (χ0) is 13.0. The number of nitrogen functional groups attached to an aromatic ring is 1. The Morgan fingerprint density at radius 2 is 2.11 bits per heavy atom. The molecule has 7 nitrogen and oxygen atoms in total. The second-order valence-electron chi connectivity index (χ2n) is 4.28. The minimum absolute atomic E-state index is 0.0144. The Hall–Kier alpha value is -1.79. The van der Waals surface area contributed by atoms with Crippen LogP contribution in [0.3, 0.4) is 0 Å². The third-order valence-corrected chi connectivity index (χ3v) is 2.91. The fourth-order valence-electron chi connectivity index (χ4n) is 2.01. The van der Waals surface area contributed by atoms with Gasteiger partial charge in [-0.2, -0.15) is 4.98 Å². The lowest BCUT2D eigenvalue weighted by molar-refractivity contribution is -0.144. The van der Waals surface area contributed by atoms with Gasteiger partial charge in [0.05, 0.1) is 6.61 Å². The molecule has 0 saturated carbocycles. The topological polar surface area (TPSA) is 86.3 Å². The maximum atomic E-state index is 11.4. The van der Waals surface area contributed by atoms with Crippen LogP contribution in [-0.4, -0.2) is 40.4 Å². The van der Waals surface area contributed by atoms with Crippen LogP contribution in [0.25, 0.3) is 0 Å². The smallest absolute Gasteiger partial charge is 0.327 e. The summed E-state index contributed by atoms with van der Waals surface area (Å²) in [5.41, 5.74) is 5.75. The molecule has 18 heavy (non-hydrogen) atoms. The van der Waals surface area contributed by atoms with Crippen LogP contribution in [0.1, 0.15) is 26.2 Å². The number of hydrogen-bond acceptors (Lipinski definition) is 6. The Bertz CT molecular complexity index is 412. The summed E-state index contributed by atoms with van der Waals surface area (Å²) in [6.45, 7) is 4.03. The highest BCUT2D eigenvalue weighted by molar-refractivity contribution is 5.69. The zero-order valence-electron chi connectivity index (χ0n) is 10.6. The highest BCUT2D eigenvalue weighted by atomic mass is 16.5. The number of anilines is 2. The normalized spacial score (nSPS) is 15.7. The quantitative estimate of drug-likeness (QED) is 0.782. The molecule has 0 aliphatic carbocycles. The minimum Gasteiger partial charge on any atom is -0.465 e. The van der Waals surface area contributed by atoms with Crippen molar-refractivity contribution in [1.29, 1.82) is 0 Å². The van der Waals surface area contributed by atoms with Crippen LogP contribution in [0.4, 0.5) is 11.9 Å². The average molecular weight is 253 g/mol. The van der Waals surface area contributed by atoms with E-state index in [2.05, 4.69) is 15.0 Å². The molecule has 7 heteroatoms. The molecule has 0 radical (unpaired) electrons. The fraction of sp³-hybridized carbons (Fsp3) is 0.727. The van der Waals surface area contributed by atoms with Crippen molar-refractivity contribution in [3.05, 3.63) is 0 Å². The van der Waals surface area contributed by atoms with Crippen molar-refractivity contribution in [3.63, 3.8) is 0 Å². The summed E-state index contributed by atoms with van der Waals surface area (Å²) >= 11 is 0. The summed E-state index contributed by atoms with van der Waals surface area (Å²) in [4.78, 5) is 17.7. The Morgan fingerprint density at radius 1 is 1.39 bits per heavy atom. The Morgan fingerprint density at radius 3 is 2.78 bits per heavy atom. The van der Waals surface area contributed by atoms with Gasteiger partial charge in [-0.05, 0) is 26.2 Å². The van der Waals surface area contributed by atoms with Gasteiger partial charge in [-0.3, -0.25) is 4.79 Å². The van der Waals surface area contributed by atoms with Crippen LogP contribution in [0.2, 0.25) is 0 Å². The molecule has 0 spiro atoms. The molecule has 100 valence electrons. The van der Waals surface area contributed by atoms with Crippen LogP contribution >= 0.6 is 0 Å². The summed E-state index contributed by atoms with van der Waals surface area (Å²) in [6.07, 6.45) is 3.54. The number of rotatable bonds is 4. The van der Waals surface area contributed by atoms with Crippen molar-refractivity contribution < 1.29 is 9.53 Å². The lowest BCUT2D eigenvalue weighted by atomic mass is 10.1. The van der Waals surface area contributed by atoms with Gasteiger partial charge in [-0.15, -0.1) is 5.10 Å². The summed E-state index contributed by atoms with van der Waals surface area (Å²) in [7, 11) is 0. The molecule has 1 aromatic rings. The van der Waals surface area contributed by atoms with Gasteiger partial charge in [0.2, 0.25) is 11.9 Å². The molecule has 1 aliphatic rings. The van der Waals surface area contributed by atoms with E-state index in [1.54, 1.807) is 6.92 Å². The van der Waals surface area contributed by atoms with E-state index in [4.69, 9.17) is 10.5 Å². The molecule has 2 N–H and O–H groups in total. The van der Waals surface area contributed by atoms with E-state index in [1.165, 1.54) is 11.1 Å². The number of carbonyl (C=O) groups excluding carboxylic acids is 1. The van der Waals surface area contributed by atoms with Crippen LogP contribution in [-0.2, 0) is 16.1 Å². The Labute approximate surface area is 106 Å². The first kappa shape index (κ1) is 12.7. The molecule has 1 fully saturated rings. The van der Waals surface area contributed by atoms with Gasteiger partial charge in [-0.25, -0.2) is 4.68 Å². The minimum atomic E-state index is -0.348. The number of piperidine rings is 1. The second kappa shape index (κ2) is 5.70. The number of esters is 1. The molecule has 0 unspecified atom stereocenters. The van der Waals surface area contributed by atoms with Gasteiger partial charge < -0.3 is 15.4 Å². The number of nitrogens with zero attached hydrogens (tertiary/aromatic N) is 4. The maximum absolute atomic E-state index is 11.4. The number of carbonyl (C=O) groups is 1. The first-order valence-corrected chi connectivity index (χ1v) is 6.31. The van der Waals surface area contributed by atoms with E-state index in [1.807, 2.05) is 0 Å². The lowest BCUT2D eigenvalue weighted by Gasteiger charge is -2.24. The highest BCUT2D eigenvalue weighted by Gasteiger charge is 2.18. The van der Waals surface area contributed by atoms with Gasteiger partial charge in [0, 0.05) is 13.1 Å². The Kier molecular flexibility index (Phi) is 4.01. The third kappa shape index (κ3) is 2.91. The zero-order valence-corrected chi connectivity index (χ0v) is 10.6. The van der Waals surface area contributed by atoms with Crippen molar-refractivity contribution in [3.8, 4) is 0 Å².